The number of anilines is 1. The van der Waals surface area contributed by atoms with E-state index in [4.69, 9.17) is 19.6 Å². The first kappa shape index (κ1) is 18.7. The summed E-state index contributed by atoms with van der Waals surface area (Å²) in [6.45, 7) is 4.62. The van der Waals surface area contributed by atoms with Gasteiger partial charge in [0.2, 0.25) is 0 Å². The van der Waals surface area contributed by atoms with Crippen LogP contribution >= 0.6 is 0 Å². The van der Waals surface area contributed by atoms with Crippen molar-refractivity contribution in [1.29, 1.82) is 0 Å². The van der Waals surface area contributed by atoms with Crippen molar-refractivity contribution in [2.75, 3.05) is 19.5 Å². The molecule has 29 heavy (non-hydrogen) atoms. The summed E-state index contributed by atoms with van der Waals surface area (Å²) in [4.78, 5) is 8.93. The monoisotopic (exact) mass is 389 g/mol. The third-order valence-electron chi connectivity index (χ3n) is 4.76. The maximum absolute atomic E-state index is 5.47. The number of methoxy groups -OCH3 is 2. The second-order valence-corrected chi connectivity index (χ2v) is 6.76. The fourth-order valence-corrected chi connectivity index (χ4v) is 3.40. The average molecular weight is 389 g/mol. The Bertz CT molecular complexity index is 1160. The van der Waals surface area contributed by atoms with E-state index >= 15 is 0 Å². The van der Waals surface area contributed by atoms with Gasteiger partial charge < -0.3 is 14.8 Å². The quantitative estimate of drug-likeness (QED) is 0.537. The highest BCUT2D eigenvalue weighted by Gasteiger charge is 2.17. The van der Waals surface area contributed by atoms with Gasteiger partial charge in [-0.3, -0.25) is 4.98 Å². The van der Waals surface area contributed by atoms with Gasteiger partial charge in [0, 0.05) is 36.3 Å². The van der Waals surface area contributed by atoms with Crippen LogP contribution in [0.15, 0.2) is 48.8 Å². The molecular weight excluding hydrogens is 366 g/mol. The van der Waals surface area contributed by atoms with E-state index in [1.54, 1.807) is 20.4 Å². The second-order valence-electron chi connectivity index (χ2n) is 6.76. The van der Waals surface area contributed by atoms with Gasteiger partial charge in [0.1, 0.15) is 5.82 Å². The summed E-state index contributed by atoms with van der Waals surface area (Å²) in [5, 5.41) is 8.20. The zero-order valence-electron chi connectivity index (χ0n) is 16.9. The van der Waals surface area contributed by atoms with Crippen LogP contribution in [0.5, 0.6) is 11.5 Å². The Labute approximate surface area is 169 Å². The summed E-state index contributed by atoms with van der Waals surface area (Å²) in [6, 6.07) is 11.8. The lowest BCUT2D eigenvalue weighted by Crippen LogP contribution is -2.07. The number of benzene rings is 1. The predicted octanol–water partition coefficient (Wildman–Crippen LogP) is 4.04. The number of hydrogen-bond donors (Lipinski definition) is 1. The highest BCUT2D eigenvalue weighted by atomic mass is 16.5. The molecule has 0 saturated carbocycles. The van der Waals surface area contributed by atoms with Crippen molar-refractivity contribution in [2.24, 2.45) is 0 Å². The Balaban J connectivity index is 1.79. The van der Waals surface area contributed by atoms with Crippen LogP contribution in [0, 0.1) is 13.8 Å². The smallest absolute Gasteiger partial charge is 0.165 e. The summed E-state index contributed by atoms with van der Waals surface area (Å²) in [5.41, 5.74) is 5.64. The molecule has 0 aliphatic carbocycles. The van der Waals surface area contributed by atoms with Crippen LogP contribution in [0.1, 0.15) is 17.0 Å². The molecule has 7 nitrogen and oxygen atoms in total. The number of aromatic nitrogens is 4. The highest BCUT2D eigenvalue weighted by molar-refractivity contribution is 5.82. The topological polar surface area (TPSA) is 73.6 Å². The van der Waals surface area contributed by atoms with Crippen LogP contribution in [0.2, 0.25) is 0 Å². The van der Waals surface area contributed by atoms with Crippen molar-refractivity contribution in [2.45, 2.75) is 20.4 Å². The predicted molar refractivity (Wildman–Crippen MR) is 113 cm³/mol. The molecule has 0 unspecified atom stereocenters. The molecular formula is C22H23N5O2. The number of aryl methyl sites for hydroxylation is 2. The van der Waals surface area contributed by atoms with Crippen molar-refractivity contribution < 1.29 is 9.47 Å². The summed E-state index contributed by atoms with van der Waals surface area (Å²) in [5.74, 6) is 2.24. The molecule has 3 aromatic heterocycles. The third-order valence-corrected chi connectivity index (χ3v) is 4.76. The lowest BCUT2D eigenvalue weighted by molar-refractivity contribution is 0.355. The normalized spacial score (nSPS) is 10.9. The van der Waals surface area contributed by atoms with Crippen LogP contribution in [0.25, 0.3) is 16.8 Å². The second kappa shape index (κ2) is 7.79. The van der Waals surface area contributed by atoms with Gasteiger partial charge in [-0.2, -0.15) is 9.61 Å². The van der Waals surface area contributed by atoms with Crippen LogP contribution in [0.4, 0.5) is 5.82 Å². The Morgan fingerprint density at radius 1 is 1.03 bits per heavy atom. The van der Waals surface area contributed by atoms with Crippen LogP contribution in [-0.4, -0.2) is 33.8 Å². The molecule has 0 spiro atoms. The van der Waals surface area contributed by atoms with Crippen LogP contribution in [0.3, 0.4) is 0 Å². The summed E-state index contributed by atoms with van der Waals surface area (Å²) < 4.78 is 12.7. The van der Waals surface area contributed by atoms with E-state index in [2.05, 4.69) is 10.3 Å². The van der Waals surface area contributed by atoms with Crippen LogP contribution in [-0.2, 0) is 6.54 Å². The summed E-state index contributed by atoms with van der Waals surface area (Å²) in [7, 11) is 3.26. The van der Waals surface area contributed by atoms with Gasteiger partial charge in [0.25, 0.3) is 0 Å². The van der Waals surface area contributed by atoms with Crippen molar-refractivity contribution in [3.05, 3.63) is 65.7 Å². The first-order valence-electron chi connectivity index (χ1n) is 9.33. The first-order valence-corrected chi connectivity index (χ1v) is 9.33. The molecule has 1 N–H and O–H groups in total. The number of ether oxygens (including phenoxy) is 2. The lowest BCUT2D eigenvalue weighted by Gasteiger charge is -2.11. The maximum atomic E-state index is 5.47. The number of rotatable bonds is 6. The molecule has 3 heterocycles. The molecule has 0 amide bonds. The van der Waals surface area contributed by atoms with Gasteiger partial charge in [-0.1, -0.05) is 12.1 Å². The minimum atomic E-state index is 0.650. The number of hydrogen-bond acceptors (Lipinski definition) is 6. The van der Waals surface area contributed by atoms with Crippen molar-refractivity contribution in [3.63, 3.8) is 0 Å². The van der Waals surface area contributed by atoms with Crippen molar-refractivity contribution >= 4 is 11.5 Å². The molecule has 0 radical (unpaired) electrons. The molecule has 0 aliphatic rings. The number of nitrogens with one attached hydrogen (secondary N) is 1. The van der Waals surface area contributed by atoms with Gasteiger partial charge in [0.05, 0.1) is 19.9 Å². The number of fused-ring (bicyclic) bond motifs is 1. The standard InChI is InChI=1S/C22H23N5O2/c1-14-10-20(24-13-16-6-5-9-23-12-16)27-22(25-14)21(15(2)26-27)17-7-8-18(28-3)19(11-17)29-4/h5-12,24H,13H2,1-4H3. The Morgan fingerprint density at radius 2 is 1.86 bits per heavy atom. The molecule has 0 aliphatic heterocycles. The largest absolute Gasteiger partial charge is 0.493 e. The molecule has 0 bridgehead atoms. The summed E-state index contributed by atoms with van der Waals surface area (Å²) >= 11 is 0. The highest BCUT2D eigenvalue weighted by Crippen LogP contribution is 2.35. The van der Waals surface area contributed by atoms with E-state index in [1.165, 1.54) is 0 Å². The lowest BCUT2D eigenvalue weighted by atomic mass is 10.1. The molecule has 148 valence electrons. The number of nitrogens with zero attached hydrogens (tertiary/aromatic N) is 4. The Morgan fingerprint density at radius 3 is 2.59 bits per heavy atom. The molecule has 0 saturated heterocycles. The molecule has 1 aromatic carbocycles. The SMILES string of the molecule is COc1ccc(-c2c(C)nn3c(NCc4cccnc4)cc(C)nc23)cc1OC. The number of pyridine rings is 1. The molecule has 0 fully saturated rings. The Kier molecular flexibility index (Phi) is 5.03. The summed E-state index contributed by atoms with van der Waals surface area (Å²) in [6.07, 6.45) is 3.62. The van der Waals surface area contributed by atoms with E-state index in [-0.39, 0.29) is 0 Å². The molecule has 4 aromatic rings. The zero-order valence-corrected chi connectivity index (χ0v) is 16.9. The average Bonchev–Trinajstić information content (AvgIpc) is 3.07. The minimum Gasteiger partial charge on any atom is -0.493 e. The fraction of sp³-hybridized carbons (Fsp3) is 0.227. The van der Waals surface area contributed by atoms with Gasteiger partial charge >= 0.3 is 0 Å². The van der Waals surface area contributed by atoms with Crippen LogP contribution < -0.4 is 14.8 Å². The van der Waals surface area contributed by atoms with E-state index < -0.39 is 0 Å². The zero-order chi connectivity index (χ0) is 20.4. The third kappa shape index (κ3) is 3.59. The van der Waals surface area contributed by atoms with Gasteiger partial charge in [-0.15, -0.1) is 0 Å². The Hall–Kier alpha value is -3.61. The first-order chi connectivity index (χ1) is 14.1. The fourth-order valence-electron chi connectivity index (χ4n) is 3.40. The van der Waals surface area contributed by atoms with Crippen molar-refractivity contribution in [1.82, 2.24) is 19.6 Å². The van der Waals surface area contributed by atoms with E-state index in [0.717, 1.165) is 39.5 Å². The van der Waals surface area contributed by atoms with E-state index in [0.29, 0.717) is 18.0 Å². The van der Waals surface area contributed by atoms with E-state index in [1.807, 2.05) is 61.0 Å². The molecule has 0 atom stereocenters. The minimum absolute atomic E-state index is 0.650. The van der Waals surface area contributed by atoms with Crippen molar-refractivity contribution in [3.8, 4) is 22.6 Å². The molecule has 7 heteroatoms. The van der Waals surface area contributed by atoms with E-state index in [9.17, 15) is 0 Å². The van der Waals surface area contributed by atoms with Gasteiger partial charge in [0.15, 0.2) is 17.1 Å². The van der Waals surface area contributed by atoms with Gasteiger partial charge in [-0.05, 0) is 43.2 Å². The maximum Gasteiger partial charge on any atom is 0.165 e. The van der Waals surface area contributed by atoms with Gasteiger partial charge in [-0.25, -0.2) is 4.98 Å². The molecule has 4 rings (SSSR count).